The first-order valence-electron chi connectivity index (χ1n) is 6.98. The number of hydrogen-bond acceptors (Lipinski definition) is 1. The van der Waals surface area contributed by atoms with E-state index in [2.05, 4.69) is 22.5 Å². The second-order valence-corrected chi connectivity index (χ2v) is 5.13. The highest BCUT2D eigenvalue weighted by Crippen LogP contribution is 2.26. The van der Waals surface area contributed by atoms with Gasteiger partial charge in [-0.2, -0.15) is 13.2 Å². The highest BCUT2D eigenvalue weighted by Gasteiger charge is 2.26. The third kappa shape index (κ3) is 8.16. The van der Waals surface area contributed by atoms with Gasteiger partial charge in [-0.3, -0.25) is 4.99 Å². The minimum absolute atomic E-state index is 0. The van der Waals surface area contributed by atoms with Gasteiger partial charge in [0.1, 0.15) is 0 Å². The number of nitrogens with one attached hydrogen (secondary N) is 2. The highest BCUT2D eigenvalue weighted by molar-refractivity contribution is 14.0. The van der Waals surface area contributed by atoms with E-state index in [1.165, 1.54) is 19.3 Å². The minimum atomic E-state index is -4.12. The summed E-state index contributed by atoms with van der Waals surface area (Å²) in [6.07, 6.45) is 0.769. The molecule has 0 unspecified atom stereocenters. The van der Waals surface area contributed by atoms with Crippen LogP contribution in [0.15, 0.2) is 4.99 Å². The Balaban J connectivity index is 0.00000361. The molecule has 20 heavy (non-hydrogen) atoms. The molecule has 0 radical (unpaired) electrons. The number of hydrogen-bond donors (Lipinski definition) is 2. The largest absolute Gasteiger partial charge is 0.390 e. The molecule has 0 aliphatic heterocycles. The fourth-order valence-electron chi connectivity index (χ4n) is 2.43. The van der Waals surface area contributed by atoms with Crippen molar-refractivity contribution < 1.29 is 13.2 Å². The molecule has 1 saturated carbocycles. The smallest absolute Gasteiger partial charge is 0.356 e. The molecular weight excluding hydrogens is 382 g/mol. The van der Waals surface area contributed by atoms with Crippen molar-refractivity contribution in [2.45, 2.75) is 57.7 Å². The van der Waals surface area contributed by atoms with Gasteiger partial charge in [0.15, 0.2) is 5.96 Å². The van der Waals surface area contributed by atoms with E-state index in [1.54, 1.807) is 7.05 Å². The molecule has 0 heterocycles. The number of alkyl halides is 3. The Hall–Kier alpha value is -0.210. The summed E-state index contributed by atoms with van der Waals surface area (Å²) in [5.41, 5.74) is 0. The molecule has 0 amide bonds. The molecule has 120 valence electrons. The quantitative estimate of drug-likeness (QED) is 0.424. The van der Waals surface area contributed by atoms with Gasteiger partial charge >= 0.3 is 6.18 Å². The zero-order valence-corrected chi connectivity index (χ0v) is 14.4. The molecule has 7 heteroatoms. The van der Waals surface area contributed by atoms with Crippen molar-refractivity contribution in [1.29, 1.82) is 0 Å². The molecule has 0 aromatic rings. The molecule has 0 bridgehead atoms. The van der Waals surface area contributed by atoms with Crippen molar-refractivity contribution in [3.63, 3.8) is 0 Å². The second kappa shape index (κ2) is 9.68. The molecule has 0 aromatic carbocycles. The van der Waals surface area contributed by atoms with Gasteiger partial charge in [0.2, 0.25) is 0 Å². The van der Waals surface area contributed by atoms with E-state index < -0.39 is 12.6 Å². The lowest BCUT2D eigenvalue weighted by molar-refractivity contribution is -0.132. The van der Waals surface area contributed by atoms with Crippen molar-refractivity contribution in [2.24, 2.45) is 10.9 Å². The molecule has 0 atom stereocenters. The average molecular weight is 407 g/mol. The molecule has 1 rings (SSSR count). The molecule has 3 nitrogen and oxygen atoms in total. The van der Waals surface area contributed by atoms with Gasteiger partial charge in [-0.25, -0.2) is 0 Å². The number of rotatable bonds is 4. The maximum atomic E-state index is 12.1. The summed E-state index contributed by atoms with van der Waals surface area (Å²) in [7, 11) is 1.58. The SMILES string of the molecule is CCC1CCC(NC(=NC)NCCC(F)(F)F)CC1.I. The molecule has 1 fully saturated rings. The van der Waals surface area contributed by atoms with Crippen LogP contribution in [0.2, 0.25) is 0 Å². The Labute approximate surface area is 136 Å². The van der Waals surface area contributed by atoms with Gasteiger partial charge in [0, 0.05) is 19.6 Å². The lowest BCUT2D eigenvalue weighted by atomic mass is 9.84. The first kappa shape index (κ1) is 19.8. The van der Waals surface area contributed by atoms with Crippen LogP contribution in [0.5, 0.6) is 0 Å². The lowest BCUT2D eigenvalue weighted by Crippen LogP contribution is -2.45. The minimum Gasteiger partial charge on any atom is -0.356 e. The van der Waals surface area contributed by atoms with Crippen molar-refractivity contribution in [1.82, 2.24) is 10.6 Å². The molecule has 0 aromatic heterocycles. The summed E-state index contributed by atoms with van der Waals surface area (Å²) < 4.78 is 36.2. The summed E-state index contributed by atoms with van der Waals surface area (Å²) >= 11 is 0. The summed E-state index contributed by atoms with van der Waals surface area (Å²) in [5.74, 6) is 1.28. The molecule has 0 saturated heterocycles. The van der Waals surface area contributed by atoms with E-state index in [9.17, 15) is 13.2 Å². The van der Waals surface area contributed by atoms with E-state index in [0.717, 1.165) is 18.8 Å². The maximum absolute atomic E-state index is 12.1. The standard InChI is InChI=1S/C13H24F3N3.HI/c1-3-10-4-6-11(7-5-10)19-12(17-2)18-9-8-13(14,15)16;/h10-11H,3-9H2,1-2H3,(H2,17,18,19);1H. The van der Waals surface area contributed by atoms with Crippen LogP contribution in [0.25, 0.3) is 0 Å². The Morgan fingerprint density at radius 2 is 1.80 bits per heavy atom. The van der Waals surface area contributed by atoms with Crippen LogP contribution in [-0.4, -0.2) is 31.8 Å². The topological polar surface area (TPSA) is 36.4 Å². The number of aliphatic imine (C=N–C) groups is 1. The molecule has 0 spiro atoms. The average Bonchev–Trinajstić information content (AvgIpc) is 2.37. The third-order valence-corrected chi connectivity index (χ3v) is 3.69. The Kier molecular flexibility index (Phi) is 9.58. The maximum Gasteiger partial charge on any atom is 0.390 e. The zero-order chi connectivity index (χ0) is 14.3. The van der Waals surface area contributed by atoms with Crippen LogP contribution >= 0.6 is 24.0 Å². The van der Waals surface area contributed by atoms with Gasteiger partial charge in [-0.05, 0) is 31.6 Å². The van der Waals surface area contributed by atoms with Gasteiger partial charge in [0.25, 0.3) is 0 Å². The second-order valence-electron chi connectivity index (χ2n) is 5.13. The van der Waals surface area contributed by atoms with E-state index in [0.29, 0.717) is 12.0 Å². The Morgan fingerprint density at radius 1 is 1.20 bits per heavy atom. The summed E-state index contributed by atoms with van der Waals surface area (Å²) in [6.45, 7) is 2.07. The van der Waals surface area contributed by atoms with Crippen LogP contribution < -0.4 is 10.6 Å². The van der Waals surface area contributed by atoms with Gasteiger partial charge in [-0.1, -0.05) is 13.3 Å². The summed E-state index contributed by atoms with van der Waals surface area (Å²) in [4.78, 5) is 3.97. The Bertz CT molecular complexity index is 287. The fraction of sp³-hybridized carbons (Fsp3) is 0.923. The van der Waals surface area contributed by atoms with Gasteiger partial charge < -0.3 is 10.6 Å². The van der Waals surface area contributed by atoms with Gasteiger partial charge in [0.05, 0.1) is 6.42 Å². The van der Waals surface area contributed by atoms with E-state index >= 15 is 0 Å². The lowest BCUT2D eigenvalue weighted by Gasteiger charge is -2.29. The molecular formula is C13H25F3IN3. The van der Waals surface area contributed by atoms with Crippen LogP contribution in [0, 0.1) is 5.92 Å². The van der Waals surface area contributed by atoms with Crippen LogP contribution in [0.3, 0.4) is 0 Å². The normalized spacial score (nSPS) is 23.9. The summed E-state index contributed by atoms with van der Waals surface area (Å²) in [5, 5.41) is 5.93. The van der Waals surface area contributed by atoms with E-state index in [-0.39, 0.29) is 30.5 Å². The zero-order valence-electron chi connectivity index (χ0n) is 12.1. The molecule has 1 aliphatic rings. The molecule has 2 N–H and O–H groups in total. The predicted molar refractivity (Wildman–Crippen MR) is 86.6 cm³/mol. The highest BCUT2D eigenvalue weighted by atomic mass is 127. The number of guanidine groups is 1. The van der Waals surface area contributed by atoms with Crippen LogP contribution in [-0.2, 0) is 0 Å². The van der Waals surface area contributed by atoms with E-state index in [1.807, 2.05) is 0 Å². The van der Waals surface area contributed by atoms with Crippen molar-refractivity contribution in [3.8, 4) is 0 Å². The number of halogens is 4. The monoisotopic (exact) mass is 407 g/mol. The van der Waals surface area contributed by atoms with Crippen molar-refractivity contribution in [2.75, 3.05) is 13.6 Å². The van der Waals surface area contributed by atoms with Crippen molar-refractivity contribution >= 4 is 29.9 Å². The fourth-order valence-corrected chi connectivity index (χ4v) is 2.43. The van der Waals surface area contributed by atoms with E-state index in [4.69, 9.17) is 0 Å². The van der Waals surface area contributed by atoms with Crippen LogP contribution in [0.4, 0.5) is 13.2 Å². The summed E-state index contributed by atoms with van der Waals surface area (Å²) in [6, 6.07) is 0.333. The van der Waals surface area contributed by atoms with Crippen LogP contribution in [0.1, 0.15) is 45.4 Å². The van der Waals surface area contributed by atoms with Gasteiger partial charge in [-0.15, -0.1) is 24.0 Å². The predicted octanol–water partition coefficient (Wildman–Crippen LogP) is 3.69. The first-order chi connectivity index (χ1) is 8.94. The Morgan fingerprint density at radius 3 is 2.25 bits per heavy atom. The first-order valence-corrected chi connectivity index (χ1v) is 6.98. The molecule has 1 aliphatic carbocycles. The number of nitrogens with zero attached hydrogens (tertiary/aromatic N) is 1. The van der Waals surface area contributed by atoms with Crippen molar-refractivity contribution in [3.05, 3.63) is 0 Å². The third-order valence-electron chi connectivity index (χ3n) is 3.69.